The molecule has 0 N–H and O–H groups in total. The van der Waals surface area contributed by atoms with Gasteiger partial charge in [-0.25, -0.2) is 0 Å². The van der Waals surface area contributed by atoms with Gasteiger partial charge in [0, 0.05) is 9.13 Å². The van der Waals surface area contributed by atoms with E-state index >= 15 is 0 Å². The molecule has 0 heterocycles. The van der Waals surface area contributed by atoms with E-state index in [0.717, 1.165) is 20.6 Å². The van der Waals surface area contributed by atoms with E-state index in [1.165, 1.54) is 0 Å². The van der Waals surface area contributed by atoms with E-state index in [1.807, 2.05) is 12.1 Å². The van der Waals surface area contributed by atoms with E-state index in [2.05, 4.69) is 22.6 Å². The molecule has 2 nitrogen and oxygen atoms in total. The van der Waals surface area contributed by atoms with Crippen LogP contribution in [0.5, 0.6) is 11.5 Å². The zero-order valence-corrected chi connectivity index (χ0v) is 10.3. The summed E-state index contributed by atoms with van der Waals surface area (Å²) < 4.78 is 11.5. The summed E-state index contributed by atoms with van der Waals surface area (Å²) in [6, 6.07) is 3.83. The quantitative estimate of drug-likeness (QED) is 0.631. The summed E-state index contributed by atoms with van der Waals surface area (Å²) in [5, 5.41) is 0. The topological polar surface area (TPSA) is 18.5 Å². The van der Waals surface area contributed by atoms with Crippen LogP contribution >= 0.6 is 34.2 Å². The summed E-state index contributed by atoms with van der Waals surface area (Å²) in [5.41, 5.74) is 0.976. The Morgan fingerprint density at radius 1 is 1.31 bits per heavy atom. The molecule has 0 bridgehead atoms. The minimum atomic E-state index is 0.429. The highest BCUT2D eigenvalue weighted by Crippen LogP contribution is 2.34. The lowest BCUT2D eigenvalue weighted by atomic mass is 10.2. The molecule has 0 aliphatic carbocycles. The molecule has 0 saturated carbocycles. The van der Waals surface area contributed by atoms with Crippen LogP contribution in [0.3, 0.4) is 0 Å². The molecule has 0 fully saturated rings. The van der Waals surface area contributed by atoms with Crippen LogP contribution < -0.4 is 9.47 Å². The Morgan fingerprint density at radius 2 is 2.00 bits per heavy atom. The summed E-state index contributed by atoms with van der Waals surface area (Å²) in [7, 11) is 3.23. The fourth-order valence-corrected chi connectivity index (χ4v) is 2.20. The largest absolute Gasteiger partial charge is 0.493 e. The van der Waals surface area contributed by atoms with E-state index in [1.54, 1.807) is 14.2 Å². The molecule has 0 atom stereocenters. The lowest BCUT2D eigenvalue weighted by Crippen LogP contribution is -1.96. The SMILES string of the molecule is COc1ccc(I)c(CCl)c1OC. The van der Waals surface area contributed by atoms with Crippen LogP contribution in [-0.4, -0.2) is 14.2 Å². The molecule has 0 amide bonds. The maximum atomic E-state index is 5.80. The molecule has 72 valence electrons. The number of benzene rings is 1. The third-order valence-electron chi connectivity index (χ3n) is 1.72. The molecule has 1 aromatic rings. The van der Waals surface area contributed by atoms with Crippen molar-refractivity contribution in [2.75, 3.05) is 14.2 Å². The number of hydrogen-bond acceptors (Lipinski definition) is 2. The van der Waals surface area contributed by atoms with Gasteiger partial charge in [-0.2, -0.15) is 0 Å². The second kappa shape index (κ2) is 4.91. The Bertz CT molecular complexity index is 302. The molecule has 0 saturated heterocycles. The van der Waals surface area contributed by atoms with E-state index in [-0.39, 0.29) is 0 Å². The van der Waals surface area contributed by atoms with Crippen LogP contribution in [0.25, 0.3) is 0 Å². The van der Waals surface area contributed by atoms with Gasteiger partial charge >= 0.3 is 0 Å². The molecule has 0 aromatic heterocycles. The predicted octanol–water partition coefficient (Wildman–Crippen LogP) is 3.05. The number of ether oxygens (including phenoxy) is 2. The van der Waals surface area contributed by atoms with Gasteiger partial charge in [-0.3, -0.25) is 0 Å². The summed E-state index contributed by atoms with van der Waals surface area (Å²) in [4.78, 5) is 0. The fraction of sp³-hybridized carbons (Fsp3) is 0.333. The molecule has 13 heavy (non-hydrogen) atoms. The van der Waals surface area contributed by atoms with Crippen molar-refractivity contribution in [2.45, 2.75) is 5.88 Å². The van der Waals surface area contributed by atoms with Crippen LogP contribution in [-0.2, 0) is 5.88 Å². The average Bonchev–Trinajstić information content (AvgIpc) is 2.17. The first-order chi connectivity index (χ1) is 6.24. The summed E-state index contributed by atoms with van der Waals surface area (Å²) >= 11 is 8.03. The second-order valence-corrected chi connectivity index (χ2v) is 3.82. The molecule has 1 rings (SSSR count). The summed E-state index contributed by atoms with van der Waals surface area (Å²) in [6.07, 6.45) is 0. The Kier molecular flexibility index (Phi) is 4.12. The number of methoxy groups -OCH3 is 2. The van der Waals surface area contributed by atoms with Crippen LogP contribution in [0.1, 0.15) is 5.56 Å². The highest BCUT2D eigenvalue weighted by atomic mass is 127. The van der Waals surface area contributed by atoms with Crippen molar-refractivity contribution in [3.05, 3.63) is 21.3 Å². The molecule has 1 aromatic carbocycles. The van der Waals surface area contributed by atoms with Crippen molar-refractivity contribution in [3.63, 3.8) is 0 Å². The van der Waals surface area contributed by atoms with E-state index < -0.39 is 0 Å². The monoisotopic (exact) mass is 312 g/mol. The maximum Gasteiger partial charge on any atom is 0.166 e. The fourth-order valence-electron chi connectivity index (χ4n) is 1.09. The Hall–Kier alpha value is -0.160. The van der Waals surface area contributed by atoms with Crippen molar-refractivity contribution in [1.29, 1.82) is 0 Å². The number of halogens is 2. The van der Waals surface area contributed by atoms with Crippen LogP contribution in [0.15, 0.2) is 12.1 Å². The summed E-state index contributed by atoms with van der Waals surface area (Å²) in [5.74, 6) is 1.88. The van der Waals surface area contributed by atoms with Gasteiger partial charge in [0.05, 0.1) is 20.1 Å². The average molecular weight is 313 g/mol. The van der Waals surface area contributed by atoms with Crippen molar-refractivity contribution < 1.29 is 9.47 Å². The molecule has 0 aliphatic heterocycles. The first-order valence-corrected chi connectivity index (χ1v) is 5.31. The standard InChI is InChI=1S/C9H10ClIO2/c1-12-8-4-3-7(11)6(5-10)9(8)13-2/h3-4H,5H2,1-2H3. The lowest BCUT2D eigenvalue weighted by Gasteiger charge is -2.12. The normalized spacial score (nSPS) is 9.85. The van der Waals surface area contributed by atoms with Crippen LogP contribution in [0, 0.1) is 3.57 Å². The van der Waals surface area contributed by atoms with Gasteiger partial charge in [0.1, 0.15) is 0 Å². The van der Waals surface area contributed by atoms with Gasteiger partial charge in [-0.1, -0.05) is 0 Å². The smallest absolute Gasteiger partial charge is 0.166 e. The van der Waals surface area contributed by atoms with Gasteiger partial charge in [0.2, 0.25) is 0 Å². The Morgan fingerprint density at radius 3 is 2.46 bits per heavy atom. The van der Waals surface area contributed by atoms with E-state index in [4.69, 9.17) is 21.1 Å². The molecular formula is C9H10ClIO2. The zero-order valence-electron chi connectivity index (χ0n) is 7.43. The van der Waals surface area contributed by atoms with Gasteiger partial charge < -0.3 is 9.47 Å². The van der Waals surface area contributed by atoms with Crippen LogP contribution in [0.4, 0.5) is 0 Å². The molecule has 0 spiro atoms. The first-order valence-electron chi connectivity index (χ1n) is 3.70. The Labute approximate surface area is 96.3 Å². The minimum absolute atomic E-state index is 0.429. The summed E-state index contributed by atoms with van der Waals surface area (Å²) in [6.45, 7) is 0. The maximum absolute atomic E-state index is 5.80. The predicted molar refractivity (Wildman–Crippen MR) is 61.8 cm³/mol. The van der Waals surface area contributed by atoms with Gasteiger partial charge in [-0.15, -0.1) is 11.6 Å². The molecule has 0 radical (unpaired) electrons. The van der Waals surface area contributed by atoms with Crippen molar-refractivity contribution in [2.24, 2.45) is 0 Å². The third-order valence-corrected chi connectivity index (χ3v) is 3.00. The highest BCUT2D eigenvalue weighted by molar-refractivity contribution is 14.1. The highest BCUT2D eigenvalue weighted by Gasteiger charge is 2.11. The van der Waals surface area contributed by atoms with Crippen molar-refractivity contribution in [3.8, 4) is 11.5 Å². The van der Waals surface area contributed by atoms with Crippen molar-refractivity contribution in [1.82, 2.24) is 0 Å². The molecular weight excluding hydrogens is 302 g/mol. The van der Waals surface area contributed by atoms with E-state index in [9.17, 15) is 0 Å². The minimum Gasteiger partial charge on any atom is -0.493 e. The zero-order chi connectivity index (χ0) is 9.84. The number of hydrogen-bond donors (Lipinski definition) is 0. The molecule has 0 aliphatic rings. The molecule has 0 unspecified atom stereocenters. The first kappa shape index (κ1) is 10.9. The van der Waals surface area contributed by atoms with Gasteiger partial charge in [-0.05, 0) is 34.7 Å². The molecule has 4 heteroatoms. The van der Waals surface area contributed by atoms with E-state index in [0.29, 0.717) is 5.88 Å². The third kappa shape index (κ3) is 2.20. The van der Waals surface area contributed by atoms with Gasteiger partial charge in [0.15, 0.2) is 11.5 Å². The Balaban J connectivity index is 3.27. The van der Waals surface area contributed by atoms with Gasteiger partial charge in [0.25, 0.3) is 0 Å². The van der Waals surface area contributed by atoms with Crippen molar-refractivity contribution >= 4 is 34.2 Å². The second-order valence-electron chi connectivity index (χ2n) is 2.40. The number of alkyl halides is 1. The van der Waals surface area contributed by atoms with Crippen LogP contribution in [0.2, 0.25) is 0 Å². The number of rotatable bonds is 3. The lowest BCUT2D eigenvalue weighted by molar-refractivity contribution is 0.352.